The number of hydrogen-bond donors (Lipinski definition) is 1. The van der Waals surface area contributed by atoms with Gasteiger partial charge in [-0.25, -0.2) is 4.79 Å². The van der Waals surface area contributed by atoms with Crippen molar-refractivity contribution in [2.24, 2.45) is 7.05 Å². The molecule has 0 unspecified atom stereocenters. The molecular weight excluding hydrogens is 246 g/mol. The van der Waals surface area contributed by atoms with Crippen molar-refractivity contribution >= 4 is 5.78 Å². The molecule has 0 bridgehead atoms. The van der Waals surface area contributed by atoms with Crippen molar-refractivity contribution in [3.8, 4) is 0 Å². The van der Waals surface area contributed by atoms with E-state index in [4.69, 9.17) is 0 Å². The number of hydrogen-bond acceptors (Lipinski definition) is 3. The molecule has 0 aromatic carbocycles. The first-order chi connectivity index (χ1) is 8.90. The van der Waals surface area contributed by atoms with Crippen molar-refractivity contribution in [3.63, 3.8) is 0 Å². The number of rotatable bonds is 3. The van der Waals surface area contributed by atoms with Gasteiger partial charge in [-0.2, -0.15) is 0 Å². The van der Waals surface area contributed by atoms with Gasteiger partial charge in [0.1, 0.15) is 0 Å². The van der Waals surface area contributed by atoms with E-state index in [9.17, 15) is 14.4 Å². The summed E-state index contributed by atoms with van der Waals surface area (Å²) >= 11 is 0. The van der Waals surface area contributed by atoms with Crippen LogP contribution in [0.25, 0.3) is 0 Å². The van der Waals surface area contributed by atoms with E-state index in [0.29, 0.717) is 5.56 Å². The molecule has 0 atom stereocenters. The maximum absolute atomic E-state index is 12.2. The normalized spacial score (nSPS) is 10.7. The van der Waals surface area contributed by atoms with E-state index in [1.807, 2.05) is 25.5 Å². The van der Waals surface area contributed by atoms with Gasteiger partial charge >= 0.3 is 5.69 Å². The SMILES string of the molecule is Cc1cc(C(=O)Cn2ccc(=O)[nH]c2=O)c(C)n1C. The molecule has 0 aliphatic heterocycles. The predicted molar refractivity (Wildman–Crippen MR) is 70.5 cm³/mol. The molecule has 19 heavy (non-hydrogen) atoms. The van der Waals surface area contributed by atoms with Crippen LogP contribution in [-0.4, -0.2) is 19.9 Å². The minimum absolute atomic E-state index is 0.0834. The van der Waals surface area contributed by atoms with Gasteiger partial charge in [0.05, 0.1) is 6.54 Å². The van der Waals surface area contributed by atoms with Crippen LogP contribution in [0.4, 0.5) is 0 Å². The molecule has 2 rings (SSSR count). The Balaban J connectivity index is 2.33. The van der Waals surface area contributed by atoms with Crippen LogP contribution in [0.15, 0.2) is 27.9 Å². The van der Waals surface area contributed by atoms with E-state index in [1.165, 1.54) is 16.8 Å². The first-order valence-electron chi connectivity index (χ1n) is 5.86. The molecule has 2 aromatic heterocycles. The van der Waals surface area contributed by atoms with Gasteiger partial charge in [-0.3, -0.25) is 19.1 Å². The van der Waals surface area contributed by atoms with Crippen LogP contribution in [0.5, 0.6) is 0 Å². The summed E-state index contributed by atoms with van der Waals surface area (Å²) in [6.07, 6.45) is 1.32. The van der Waals surface area contributed by atoms with Crippen molar-refractivity contribution in [1.29, 1.82) is 0 Å². The van der Waals surface area contributed by atoms with Gasteiger partial charge in [-0.1, -0.05) is 0 Å². The Hall–Kier alpha value is -2.37. The second-order valence-corrected chi connectivity index (χ2v) is 4.51. The van der Waals surface area contributed by atoms with Crippen molar-refractivity contribution in [2.75, 3.05) is 0 Å². The van der Waals surface area contributed by atoms with E-state index in [-0.39, 0.29) is 12.3 Å². The maximum atomic E-state index is 12.2. The average molecular weight is 261 g/mol. The Morgan fingerprint density at radius 2 is 2.00 bits per heavy atom. The second kappa shape index (κ2) is 4.72. The monoisotopic (exact) mass is 261 g/mol. The zero-order valence-corrected chi connectivity index (χ0v) is 11.1. The van der Waals surface area contributed by atoms with Gasteiger partial charge in [0.25, 0.3) is 5.56 Å². The highest BCUT2D eigenvalue weighted by Gasteiger charge is 2.14. The van der Waals surface area contributed by atoms with E-state index in [2.05, 4.69) is 4.98 Å². The smallest absolute Gasteiger partial charge is 0.328 e. The van der Waals surface area contributed by atoms with Crippen LogP contribution in [0, 0.1) is 13.8 Å². The lowest BCUT2D eigenvalue weighted by Gasteiger charge is -2.04. The summed E-state index contributed by atoms with van der Waals surface area (Å²) in [7, 11) is 1.88. The van der Waals surface area contributed by atoms with Crippen LogP contribution in [0.1, 0.15) is 21.7 Å². The Morgan fingerprint density at radius 1 is 1.32 bits per heavy atom. The Labute approximate surface area is 109 Å². The summed E-state index contributed by atoms with van der Waals surface area (Å²) in [4.78, 5) is 36.8. The number of carbonyl (C=O) groups excluding carboxylic acids is 1. The maximum Gasteiger partial charge on any atom is 0.328 e. The van der Waals surface area contributed by atoms with Crippen LogP contribution in [0.3, 0.4) is 0 Å². The Kier molecular flexibility index (Phi) is 3.25. The summed E-state index contributed by atoms with van der Waals surface area (Å²) in [5.74, 6) is -0.157. The first kappa shape index (κ1) is 13.1. The number of Topliss-reactive ketones (excluding diaryl/α,β-unsaturated/α-hetero) is 1. The minimum atomic E-state index is -0.578. The predicted octanol–water partition coefficient (Wildman–Crippen LogP) is 0.375. The largest absolute Gasteiger partial charge is 0.351 e. The Bertz CT molecular complexity index is 749. The highest BCUT2D eigenvalue weighted by molar-refractivity contribution is 5.97. The Morgan fingerprint density at radius 3 is 2.53 bits per heavy atom. The van der Waals surface area contributed by atoms with Crippen LogP contribution in [0.2, 0.25) is 0 Å². The van der Waals surface area contributed by atoms with E-state index in [1.54, 1.807) is 6.07 Å². The average Bonchev–Trinajstić information content (AvgIpc) is 2.60. The molecule has 0 saturated heterocycles. The lowest BCUT2D eigenvalue weighted by molar-refractivity contribution is 0.0969. The van der Waals surface area contributed by atoms with Gasteiger partial charge in [0.15, 0.2) is 5.78 Å². The molecule has 6 heteroatoms. The minimum Gasteiger partial charge on any atom is -0.351 e. The quantitative estimate of drug-likeness (QED) is 0.811. The number of H-pyrrole nitrogens is 1. The summed E-state index contributed by atoms with van der Waals surface area (Å²) in [6.45, 7) is 3.69. The molecule has 2 aromatic rings. The molecule has 6 nitrogen and oxygen atoms in total. The van der Waals surface area contributed by atoms with E-state index < -0.39 is 11.2 Å². The van der Waals surface area contributed by atoms with Crippen LogP contribution >= 0.6 is 0 Å². The number of ketones is 1. The van der Waals surface area contributed by atoms with E-state index in [0.717, 1.165) is 11.4 Å². The second-order valence-electron chi connectivity index (χ2n) is 4.51. The molecule has 0 spiro atoms. The van der Waals surface area contributed by atoms with Crippen molar-refractivity contribution in [1.82, 2.24) is 14.1 Å². The number of nitrogens with zero attached hydrogens (tertiary/aromatic N) is 2. The molecule has 0 aliphatic rings. The molecular formula is C13H15N3O3. The van der Waals surface area contributed by atoms with Crippen molar-refractivity contribution in [2.45, 2.75) is 20.4 Å². The van der Waals surface area contributed by atoms with Crippen LogP contribution in [-0.2, 0) is 13.6 Å². The summed E-state index contributed by atoms with van der Waals surface area (Å²) < 4.78 is 3.11. The van der Waals surface area contributed by atoms with Gasteiger partial charge in [0, 0.05) is 36.3 Å². The molecule has 0 radical (unpaired) electrons. The summed E-state index contributed by atoms with van der Waals surface area (Å²) in [6, 6.07) is 3.02. The molecule has 100 valence electrons. The van der Waals surface area contributed by atoms with Crippen LogP contribution < -0.4 is 11.2 Å². The fraction of sp³-hybridized carbons (Fsp3) is 0.308. The third kappa shape index (κ3) is 2.42. The fourth-order valence-electron chi connectivity index (χ4n) is 1.95. The third-order valence-electron chi connectivity index (χ3n) is 3.29. The van der Waals surface area contributed by atoms with Crippen molar-refractivity contribution in [3.05, 3.63) is 56.1 Å². The van der Waals surface area contributed by atoms with E-state index >= 15 is 0 Å². The molecule has 0 aliphatic carbocycles. The number of nitrogens with one attached hydrogen (secondary N) is 1. The van der Waals surface area contributed by atoms with Gasteiger partial charge in [0.2, 0.25) is 0 Å². The summed E-state index contributed by atoms with van der Waals surface area (Å²) in [5.41, 5.74) is 1.39. The lowest BCUT2D eigenvalue weighted by atomic mass is 10.1. The molecule has 2 heterocycles. The first-order valence-corrected chi connectivity index (χ1v) is 5.86. The molecule has 0 amide bonds. The third-order valence-corrected chi connectivity index (χ3v) is 3.29. The highest BCUT2D eigenvalue weighted by atomic mass is 16.2. The van der Waals surface area contributed by atoms with Crippen molar-refractivity contribution < 1.29 is 4.79 Å². The number of aromatic nitrogens is 3. The molecule has 0 saturated carbocycles. The number of carbonyl (C=O) groups is 1. The molecule has 1 N–H and O–H groups in total. The topological polar surface area (TPSA) is 76.9 Å². The lowest BCUT2D eigenvalue weighted by Crippen LogP contribution is -2.30. The standard InChI is InChI=1S/C13H15N3O3/c1-8-6-10(9(2)15(8)3)11(17)7-16-5-4-12(18)14-13(16)19/h4-6H,7H2,1-3H3,(H,14,18,19). The summed E-state index contributed by atoms with van der Waals surface area (Å²) in [5, 5.41) is 0. The van der Waals surface area contributed by atoms with Gasteiger partial charge in [-0.15, -0.1) is 0 Å². The number of aryl methyl sites for hydroxylation is 1. The zero-order valence-electron chi connectivity index (χ0n) is 11.1. The zero-order chi connectivity index (χ0) is 14.2. The molecule has 0 fully saturated rings. The van der Waals surface area contributed by atoms with Gasteiger partial charge in [-0.05, 0) is 19.9 Å². The van der Waals surface area contributed by atoms with Gasteiger partial charge < -0.3 is 4.57 Å². The fourth-order valence-corrected chi connectivity index (χ4v) is 1.95. The number of aromatic amines is 1. The highest BCUT2D eigenvalue weighted by Crippen LogP contribution is 2.14.